The first-order chi connectivity index (χ1) is 9.68. The highest BCUT2D eigenvalue weighted by Gasteiger charge is 2.30. The monoisotopic (exact) mass is 366 g/mol. The molecule has 0 radical (unpaired) electrons. The van der Waals surface area contributed by atoms with E-state index in [1.54, 1.807) is 0 Å². The van der Waals surface area contributed by atoms with Gasteiger partial charge >= 0.3 is 6.18 Å². The summed E-state index contributed by atoms with van der Waals surface area (Å²) in [5.74, 6) is -1.69. The maximum atomic E-state index is 13.6. The van der Waals surface area contributed by atoms with Gasteiger partial charge in [-0.2, -0.15) is 13.2 Å². The van der Waals surface area contributed by atoms with E-state index in [-0.39, 0.29) is 21.5 Å². The molecule has 2 aromatic carbocycles. The first-order valence-electron chi connectivity index (χ1n) is 5.57. The van der Waals surface area contributed by atoms with Gasteiger partial charge in [-0.15, -0.1) is 0 Å². The van der Waals surface area contributed by atoms with Gasteiger partial charge in [-0.3, -0.25) is 0 Å². The van der Waals surface area contributed by atoms with Crippen molar-refractivity contribution in [2.75, 3.05) is 11.1 Å². The number of nitrogen functional groups attached to an aromatic ring is 1. The molecule has 0 atom stereocenters. The Kier molecular flexibility index (Phi) is 4.08. The molecule has 0 saturated heterocycles. The molecular formula is C13H8BrF5N2. The lowest BCUT2D eigenvalue weighted by atomic mass is 10.1. The maximum absolute atomic E-state index is 13.6. The average molecular weight is 367 g/mol. The third kappa shape index (κ3) is 3.44. The van der Waals surface area contributed by atoms with Crippen molar-refractivity contribution in [1.82, 2.24) is 0 Å². The number of alkyl halides is 3. The molecule has 3 N–H and O–H groups in total. The molecule has 0 amide bonds. The van der Waals surface area contributed by atoms with Gasteiger partial charge in [0, 0.05) is 6.07 Å². The van der Waals surface area contributed by atoms with Crippen LogP contribution in [0, 0.1) is 11.6 Å². The van der Waals surface area contributed by atoms with Crippen LogP contribution in [0.3, 0.4) is 0 Å². The lowest BCUT2D eigenvalue weighted by molar-refractivity contribution is -0.137. The molecule has 2 aromatic rings. The number of hydrogen-bond acceptors (Lipinski definition) is 2. The van der Waals surface area contributed by atoms with Crippen LogP contribution >= 0.6 is 15.9 Å². The van der Waals surface area contributed by atoms with Crippen molar-refractivity contribution in [3.05, 3.63) is 52.0 Å². The molecule has 0 fully saturated rings. The van der Waals surface area contributed by atoms with Crippen molar-refractivity contribution in [3.8, 4) is 0 Å². The number of rotatable bonds is 2. The minimum Gasteiger partial charge on any atom is -0.397 e. The summed E-state index contributed by atoms with van der Waals surface area (Å²) in [7, 11) is 0. The summed E-state index contributed by atoms with van der Waals surface area (Å²) in [6, 6.07) is 4.40. The largest absolute Gasteiger partial charge is 0.416 e. The Balaban J connectivity index is 2.35. The second-order valence-corrected chi connectivity index (χ2v) is 5.03. The van der Waals surface area contributed by atoms with E-state index in [0.29, 0.717) is 6.07 Å². The molecule has 0 saturated carbocycles. The Morgan fingerprint density at radius 2 is 1.62 bits per heavy atom. The molecule has 0 aliphatic rings. The molecular weight excluding hydrogens is 359 g/mol. The van der Waals surface area contributed by atoms with Crippen LogP contribution in [-0.2, 0) is 6.18 Å². The zero-order valence-corrected chi connectivity index (χ0v) is 11.8. The Hall–Kier alpha value is -1.83. The maximum Gasteiger partial charge on any atom is 0.416 e. The number of halogens is 6. The highest BCUT2D eigenvalue weighted by molar-refractivity contribution is 9.10. The van der Waals surface area contributed by atoms with E-state index in [1.165, 1.54) is 0 Å². The normalized spacial score (nSPS) is 11.5. The molecule has 0 heterocycles. The summed E-state index contributed by atoms with van der Waals surface area (Å²) >= 11 is 2.89. The zero-order chi connectivity index (χ0) is 15.8. The summed E-state index contributed by atoms with van der Waals surface area (Å²) < 4.78 is 64.2. The van der Waals surface area contributed by atoms with E-state index in [9.17, 15) is 22.0 Å². The molecule has 8 heteroatoms. The SMILES string of the molecule is Nc1cc(C(F)(F)F)ccc1Nc1cc(Br)c(F)cc1F. The van der Waals surface area contributed by atoms with Gasteiger partial charge in [0.2, 0.25) is 0 Å². The van der Waals surface area contributed by atoms with E-state index < -0.39 is 23.4 Å². The Morgan fingerprint density at radius 1 is 0.952 bits per heavy atom. The van der Waals surface area contributed by atoms with Crippen LogP contribution in [0.1, 0.15) is 5.56 Å². The van der Waals surface area contributed by atoms with Crippen LogP contribution in [0.15, 0.2) is 34.8 Å². The summed E-state index contributed by atoms with van der Waals surface area (Å²) in [5, 5.41) is 2.52. The summed E-state index contributed by atoms with van der Waals surface area (Å²) in [4.78, 5) is 0. The van der Waals surface area contributed by atoms with Crippen LogP contribution in [0.2, 0.25) is 0 Å². The van der Waals surface area contributed by atoms with Crippen LogP contribution in [0.5, 0.6) is 0 Å². The van der Waals surface area contributed by atoms with Crippen LogP contribution in [-0.4, -0.2) is 0 Å². The Bertz CT molecular complexity index is 685. The fourth-order valence-corrected chi connectivity index (χ4v) is 1.96. The Labute approximate surface area is 124 Å². The quantitative estimate of drug-likeness (QED) is 0.442. The van der Waals surface area contributed by atoms with Gasteiger partial charge in [0.05, 0.1) is 27.1 Å². The molecule has 2 rings (SSSR count). The minimum absolute atomic E-state index is 0.0110. The van der Waals surface area contributed by atoms with Crippen molar-refractivity contribution >= 4 is 33.0 Å². The van der Waals surface area contributed by atoms with E-state index in [2.05, 4.69) is 21.2 Å². The van der Waals surface area contributed by atoms with E-state index >= 15 is 0 Å². The molecule has 0 aliphatic carbocycles. The van der Waals surface area contributed by atoms with Gasteiger partial charge in [-0.1, -0.05) is 0 Å². The zero-order valence-electron chi connectivity index (χ0n) is 10.2. The first-order valence-corrected chi connectivity index (χ1v) is 6.36. The highest BCUT2D eigenvalue weighted by Crippen LogP contribution is 2.34. The first kappa shape index (κ1) is 15.6. The van der Waals surface area contributed by atoms with E-state index in [0.717, 1.165) is 24.3 Å². The van der Waals surface area contributed by atoms with Gasteiger partial charge in [-0.25, -0.2) is 8.78 Å². The predicted molar refractivity (Wildman–Crippen MR) is 73.2 cm³/mol. The van der Waals surface area contributed by atoms with Crippen LogP contribution < -0.4 is 11.1 Å². The number of anilines is 3. The lowest BCUT2D eigenvalue weighted by Crippen LogP contribution is -2.07. The van der Waals surface area contributed by atoms with Gasteiger partial charge in [0.25, 0.3) is 0 Å². The number of benzene rings is 2. The standard InChI is InChI=1S/C13H8BrF5N2/c14-7-4-12(9(16)5-8(7)15)21-11-2-1-6(3-10(11)20)13(17,18)19/h1-5,21H,20H2. The summed E-state index contributed by atoms with van der Waals surface area (Å²) in [6.45, 7) is 0. The van der Waals surface area contributed by atoms with E-state index in [1.807, 2.05) is 0 Å². The van der Waals surface area contributed by atoms with E-state index in [4.69, 9.17) is 5.73 Å². The minimum atomic E-state index is -4.52. The predicted octanol–water partition coefficient (Wildman–Crippen LogP) is 5.07. The number of nitrogens with one attached hydrogen (secondary N) is 1. The van der Waals surface area contributed by atoms with Gasteiger partial charge in [0.1, 0.15) is 11.6 Å². The molecule has 0 bridgehead atoms. The van der Waals surface area contributed by atoms with Crippen molar-refractivity contribution in [1.29, 1.82) is 0 Å². The third-order valence-electron chi connectivity index (χ3n) is 2.66. The molecule has 21 heavy (non-hydrogen) atoms. The van der Waals surface area contributed by atoms with Gasteiger partial charge in [-0.05, 0) is 40.2 Å². The van der Waals surface area contributed by atoms with Crippen LogP contribution in [0.4, 0.5) is 39.0 Å². The Morgan fingerprint density at radius 3 is 2.19 bits per heavy atom. The molecule has 0 unspecified atom stereocenters. The lowest BCUT2D eigenvalue weighted by Gasteiger charge is -2.13. The second-order valence-electron chi connectivity index (χ2n) is 4.17. The third-order valence-corrected chi connectivity index (χ3v) is 3.27. The van der Waals surface area contributed by atoms with Crippen LogP contribution in [0.25, 0.3) is 0 Å². The fourth-order valence-electron chi connectivity index (χ4n) is 1.62. The molecule has 2 nitrogen and oxygen atoms in total. The van der Waals surface area contributed by atoms with Crippen molar-refractivity contribution < 1.29 is 22.0 Å². The van der Waals surface area contributed by atoms with Crippen molar-refractivity contribution in [3.63, 3.8) is 0 Å². The second kappa shape index (κ2) is 5.51. The van der Waals surface area contributed by atoms with Gasteiger partial charge in [0.15, 0.2) is 0 Å². The number of nitrogens with two attached hydrogens (primary N) is 1. The summed E-state index contributed by atoms with van der Waals surface area (Å²) in [5.41, 5.74) is 4.37. The van der Waals surface area contributed by atoms with Crippen molar-refractivity contribution in [2.45, 2.75) is 6.18 Å². The highest BCUT2D eigenvalue weighted by atomic mass is 79.9. The summed E-state index contributed by atoms with van der Waals surface area (Å²) in [6.07, 6.45) is -4.52. The van der Waals surface area contributed by atoms with Gasteiger partial charge < -0.3 is 11.1 Å². The molecule has 0 aromatic heterocycles. The average Bonchev–Trinajstić information content (AvgIpc) is 2.36. The molecule has 0 spiro atoms. The van der Waals surface area contributed by atoms with Crippen molar-refractivity contribution in [2.24, 2.45) is 0 Å². The number of hydrogen-bond donors (Lipinski definition) is 2. The smallest absolute Gasteiger partial charge is 0.397 e. The molecule has 0 aliphatic heterocycles. The molecule has 112 valence electrons. The topological polar surface area (TPSA) is 38.0 Å². The fraction of sp³-hybridized carbons (Fsp3) is 0.0769.